The van der Waals surface area contributed by atoms with E-state index in [1.54, 1.807) is 19.4 Å². The summed E-state index contributed by atoms with van der Waals surface area (Å²) in [5.41, 5.74) is 0.986. The van der Waals surface area contributed by atoms with Crippen molar-refractivity contribution < 1.29 is 9.47 Å². The molecule has 27 heavy (non-hydrogen) atoms. The van der Waals surface area contributed by atoms with Gasteiger partial charge in [0.15, 0.2) is 0 Å². The topological polar surface area (TPSA) is 79.7 Å². The number of aryl methyl sites for hydroxylation is 1. The summed E-state index contributed by atoms with van der Waals surface area (Å²) >= 11 is 0. The number of hydrogen-bond acceptors (Lipinski definition) is 9. The van der Waals surface area contributed by atoms with Crippen LogP contribution < -0.4 is 19.4 Å². The van der Waals surface area contributed by atoms with Crippen LogP contribution in [0.15, 0.2) is 18.3 Å². The number of hydrogen-bond donors (Lipinski definition) is 0. The van der Waals surface area contributed by atoms with Crippen LogP contribution in [-0.2, 0) is 4.74 Å². The maximum absolute atomic E-state index is 5.45. The van der Waals surface area contributed by atoms with Crippen LogP contribution in [0.5, 0.6) is 5.88 Å². The third-order valence-corrected chi connectivity index (χ3v) is 4.84. The van der Waals surface area contributed by atoms with Gasteiger partial charge in [0.05, 0.1) is 20.3 Å². The lowest BCUT2D eigenvalue weighted by molar-refractivity contribution is 0.122. The van der Waals surface area contributed by atoms with Crippen LogP contribution >= 0.6 is 0 Å². The average Bonchev–Trinajstić information content (AvgIpc) is 2.74. The first kappa shape index (κ1) is 17.7. The van der Waals surface area contributed by atoms with E-state index >= 15 is 0 Å². The second-order valence-corrected chi connectivity index (χ2v) is 6.64. The molecule has 2 aromatic rings. The molecule has 2 saturated heterocycles. The summed E-state index contributed by atoms with van der Waals surface area (Å²) in [7, 11) is 1.62. The molecule has 0 radical (unpaired) electrons. The number of methoxy groups -OCH3 is 1. The fourth-order valence-corrected chi connectivity index (χ4v) is 3.34. The fourth-order valence-electron chi connectivity index (χ4n) is 3.34. The van der Waals surface area contributed by atoms with E-state index in [0.717, 1.165) is 69.9 Å². The average molecular weight is 371 g/mol. The van der Waals surface area contributed by atoms with E-state index in [9.17, 15) is 0 Å². The fraction of sp³-hybridized carbons (Fsp3) is 0.556. The molecule has 0 N–H and O–H groups in total. The van der Waals surface area contributed by atoms with E-state index in [2.05, 4.69) is 35.7 Å². The van der Waals surface area contributed by atoms with Crippen molar-refractivity contribution in [1.82, 2.24) is 19.9 Å². The van der Waals surface area contributed by atoms with Crippen LogP contribution in [0.4, 0.5) is 17.7 Å². The molecular weight excluding hydrogens is 346 g/mol. The van der Waals surface area contributed by atoms with Gasteiger partial charge in [0.2, 0.25) is 17.8 Å². The summed E-state index contributed by atoms with van der Waals surface area (Å²) in [6.07, 6.45) is 1.73. The number of piperazine rings is 1. The van der Waals surface area contributed by atoms with Crippen molar-refractivity contribution in [3.8, 4) is 5.88 Å². The number of anilines is 3. The highest BCUT2D eigenvalue weighted by Crippen LogP contribution is 2.21. The summed E-state index contributed by atoms with van der Waals surface area (Å²) in [6, 6.07) is 3.81. The van der Waals surface area contributed by atoms with E-state index in [0.29, 0.717) is 11.8 Å². The monoisotopic (exact) mass is 371 g/mol. The first-order chi connectivity index (χ1) is 13.2. The van der Waals surface area contributed by atoms with Crippen LogP contribution in [0.2, 0.25) is 0 Å². The molecule has 0 atom stereocenters. The summed E-state index contributed by atoms with van der Waals surface area (Å²) in [5, 5.41) is 0. The second-order valence-electron chi connectivity index (χ2n) is 6.64. The molecule has 144 valence electrons. The standard InChI is InChI=1S/C18H25N7O2/c1-14-13-15(23-9-11-27-12-10-23)21-18(20-14)25-7-5-24(6-8-25)17-19-4-3-16(22-17)26-2/h3-4,13H,5-12H2,1-2H3. The molecule has 0 bridgehead atoms. The van der Waals surface area contributed by atoms with Crippen LogP contribution in [-0.4, -0.2) is 79.5 Å². The Bertz CT molecular complexity index is 774. The van der Waals surface area contributed by atoms with Gasteiger partial charge in [-0.3, -0.25) is 0 Å². The number of ether oxygens (including phenoxy) is 2. The first-order valence-corrected chi connectivity index (χ1v) is 9.28. The second kappa shape index (κ2) is 7.91. The van der Waals surface area contributed by atoms with Crippen LogP contribution in [0, 0.1) is 6.92 Å². The Balaban J connectivity index is 1.45. The maximum Gasteiger partial charge on any atom is 0.228 e. The lowest BCUT2D eigenvalue weighted by atomic mass is 10.3. The van der Waals surface area contributed by atoms with Gasteiger partial charge in [0.1, 0.15) is 5.82 Å². The molecule has 0 aliphatic carbocycles. The van der Waals surface area contributed by atoms with Gasteiger partial charge in [0.25, 0.3) is 0 Å². The Kier molecular flexibility index (Phi) is 5.19. The lowest BCUT2D eigenvalue weighted by Gasteiger charge is -2.35. The molecule has 0 unspecified atom stereocenters. The number of nitrogens with zero attached hydrogens (tertiary/aromatic N) is 7. The molecule has 0 saturated carbocycles. The Morgan fingerprint density at radius 2 is 1.59 bits per heavy atom. The molecular formula is C18H25N7O2. The predicted molar refractivity (Wildman–Crippen MR) is 103 cm³/mol. The summed E-state index contributed by atoms with van der Waals surface area (Å²) < 4.78 is 10.6. The molecule has 0 spiro atoms. The van der Waals surface area contributed by atoms with E-state index in [1.807, 2.05) is 6.92 Å². The Labute approximate surface area is 159 Å². The molecule has 0 amide bonds. The van der Waals surface area contributed by atoms with Crippen molar-refractivity contribution in [3.63, 3.8) is 0 Å². The number of morpholine rings is 1. The smallest absolute Gasteiger partial charge is 0.228 e. The molecule has 2 aromatic heterocycles. The minimum Gasteiger partial charge on any atom is -0.481 e. The third kappa shape index (κ3) is 4.02. The highest BCUT2D eigenvalue weighted by Gasteiger charge is 2.23. The van der Waals surface area contributed by atoms with Gasteiger partial charge in [0, 0.05) is 63.3 Å². The van der Waals surface area contributed by atoms with Crippen molar-refractivity contribution in [3.05, 3.63) is 24.0 Å². The highest BCUT2D eigenvalue weighted by molar-refractivity contribution is 5.47. The minimum atomic E-state index is 0.583. The molecule has 4 heterocycles. The van der Waals surface area contributed by atoms with Gasteiger partial charge in [-0.1, -0.05) is 0 Å². The summed E-state index contributed by atoms with van der Waals surface area (Å²) in [4.78, 5) is 24.9. The van der Waals surface area contributed by atoms with Gasteiger partial charge in [-0.2, -0.15) is 9.97 Å². The number of aromatic nitrogens is 4. The summed E-state index contributed by atoms with van der Waals surface area (Å²) in [6.45, 7) is 8.55. The van der Waals surface area contributed by atoms with E-state index in [4.69, 9.17) is 14.5 Å². The Morgan fingerprint density at radius 1 is 0.889 bits per heavy atom. The van der Waals surface area contributed by atoms with Gasteiger partial charge in [-0.05, 0) is 6.92 Å². The van der Waals surface area contributed by atoms with Crippen molar-refractivity contribution in [2.24, 2.45) is 0 Å². The van der Waals surface area contributed by atoms with Crippen molar-refractivity contribution >= 4 is 17.7 Å². The highest BCUT2D eigenvalue weighted by atomic mass is 16.5. The Hall–Kier alpha value is -2.68. The maximum atomic E-state index is 5.45. The molecule has 2 aliphatic rings. The molecule has 2 fully saturated rings. The SMILES string of the molecule is COc1ccnc(N2CCN(c3nc(C)cc(N4CCOCC4)n3)CC2)n1. The van der Waals surface area contributed by atoms with E-state index in [-0.39, 0.29) is 0 Å². The minimum absolute atomic E-state index is 0.583. The number of rotatable bonds is 4. The molecule has 0 aromatic carbocycles. The lowest BCUT2D eigenvalue weighted by Crippen LogP contribution is -2.48. The first-order valence-electron chi connectivity index (χ1n) is 9.28. The quantitative estimate of drug-likeness (QED) is 0.773. The zero-order valence-corrected chi connectivity index (χ0v) is 15.8. The van der Waals surface area contributed by atoms with Crippen molar-refractivity contribution in [2.75, 3.05) is 74.3 Å². The largest absolute Gasteiger partial charge is 0.481 e. The molecule has 9 nitrogen and oxygen atoms in total. The van der Waals surface area contributed by atoms with Crippen LogP contribution in [0.25, 0.3) is 0 Å². The van der Waals surface area contributed by atoms with Gasteiger partial charge in [-0.25, -0.2) is 9.97 Å². The van der Waals surface area contributed by atoms with Crippen LogP contribution in [0.3, 0.4) is 0 Å². The third-order valence-electron chi connectivity index (χ3n) is 4.84. The normalized spacial score (nSPS) is 17.9. The zero-order chi connectivity index (χ0) is 18.6. The van der Waals surface area contributed by atoms with Crippen molar-refractivity contribution in [2.45, 2.75) is 6.92 Å². The van der Waals surface area contributed by atoms with E-state index in [1.165, 1.54) is 0 Å². The van der Waals surface area contributed by atoms with Gasteiger partial charge >= 0.3 is 0 Å². The van der Waals surface area contributed by atoms with Crippen LogP contribution in [0.1, 0.15) is 5.69 Å². The van der Waals surface area contributed by atoms with E-state index < -0.39 is 0 Å². The van der Waals surface area contributed by atoms with Gasteiger partial charge < -0.3 is 24.2 Å². The molecule has 9 heteroatoms. The Morgan fingerprint density at radius 3 is 2.30 bits per heavy atom. The van der Waals surface area contributed by atoms with Gasteiger partial charge in [-0.15, -0.1) is 0 Å². The van der Waals surface area contributed by atoms with Crippen molar-refractivity contribution in [1.29, 1.82) is 0 Å². The molecule has 2 aliphatic heterocycles. The predicted octanol–water partition coefficient (Wildman–Crippen LogP) is 0.747. The molecule has 4 rings (SSSR count). The zero-order valence-electron chi connectivity index (χ0n) is 15.8. The summed E-state index contributed by atoms with van der Waals surface area (Å²) in [5.74, 6) is 3.06.